The molecule has 0 saturated heterocycles. The number of benzene rings is 1. The van der Waals surface area contributed by atoms with Crippen molar-refractivity contribution < 1.29 is 0 Å². The zero-order chi connectivity index (χ0) is 12.4. The summed E-state index contributed by atoms with van der Waals surface area (Å²) in [5, 5.41) is 10.2. The van der Waals surface area contributed by atoms with Crippen LogP contribution in [0.1, 0.15) is 23.7 Å². The molecule has 1 aromatic heterocycles. The van der Waals surface area contributed by atoms with E-state index in [0.717, 1.165) is 11.2 Å². The lowest BCUT2D eigenvalue weighted by Gasteiger charge is -2.22. The van der Waals surface area contributed by atoms with Gasteiger partial charge in [-0.3, -0.25) is 0 Å². The summed E-state index contributed by atoms with van der Waals surface area (Å²) >= 11 is 0. The molecule has 3 nitrogen and oxygen atoms in total. The molecule has 1 N–H and O–H groups in total. The van der Waals surface area contributed by atoms with Gasteiger partial charge in [0.15, 0.2) is 0 Å². The fraction of sp³-hybridized carbons (Fsp3) is 0.357. The monoisotopic (exact) mass is 227 g/mol. The molecule has 1 unspecified atom stereocenters. The lowest BCUT2D eigenvalue weighted by atomic mass is 10.00. The molecule has 0 aliphatic carbocycles. The van der Waals surface area contributed by atoms with E-state index < -0.39 is 0 Å². The molecule has 0 spiro atoms. The predicted molar refractivity (Wildman–Crippen MR) is 69.7 cm³/mol. The molecule has 1 heterocycles. The number of rotatable bonds is 3. The highest BCUT2D eigenvalue weighted by molar-refractivity contribution is 5.85. The Morgan fingerprint density at radius 2 is 2.06 bits per heavy atom. The number of nitrogens with one attached hydrogen (secondary N) is 1. The lowest BCUT2D eigenvalue weighted by molar-refractivity contribution is 0.304. The molecule has 17 heavy (non-hydrogen) atoms. The van der Waals surface area contributed by atoms with Crippen LogP contribution in [-0.2, 0) is 0 Å². The second kappa shape index (κ2) is 4.60. The van der Waals surface area contributed by atoms with Crippen molar-refractivity contribution in [2.24, 2.45) is 0 Å². The minimum Gasteiger partial charge on any atom is -0.358 e. The highest BCUT2D eigenvalue weighted by atomic mass is 15.1. The summed E-state index contributed by atoms with van der Waals surface area (Å²) in [6.07, 6.45) is 0.510. The van der Waals surface area contributed by atoms with Crippen molar-refractivity contribution >= 4 is 10.9 Å². The van der Waals surface area contributed by atoms with Gasteiger partial charge in [-0.15, -0.1) is 0 Å². The Balaban J connectivity index is 2.60. The minimum atomic E-state index is 0.149. The van der Waals surface area contributed by atoms with Crippen LogP contribution in [0.2, 0.25) is 0 Å². The van der Waals surface area contributed by atoms with Crippen LogP contribution in [0.25, 0.3) is 10.9 Å². The van der Waals surface area contributed by atoms with Gasteiger partial charge in [0.25, 0.3) is 0 Å². The maximum absolute atomic E-state index is 8.96. The molecule has 1 aromatic carbocycles. The van der Waals surface area contributed by atoms with Crippen LogP contribution in [0, 0.1) is 18.3 Å². The van der Waals surface area contributed by atoms with Gasteiger partial charge in [0.2, 0.25) is 0 Å². The number of aromatic amines is 1. The Bertz CT molecular complexity index is 560. The van der Waals surface area contributed by atoms with Gasteiger partial charge in [-0.05, 0) is 32.6 Å². The number of hydrogen-bond acceptors (Lipinski definition) is 2. The van der Waals surface area contributed by atoms with E-state index in [1.807, 2.05) is 26.2 Å². The van der Waals surface area contributed by atoms with E-state index in [9.17, 15) is 0 Å². The van der Waals surface area contributed by atoms with Crippen molar-refractivity contribution in [2.45, 2.75) is 19.4 Å². The summed E-state index contributed by atoms with van der Waals surface area (Å²) in [5.74, 6) is 0. The fourth-order valence-corrected chi connectivity index (χ4v) is 2.36. The molecule has 0 aliphatic rings. The largest absolute Gasteiger partial charge is 0.358 e. The van der Waals surface area contributed by atoms with E-state index in [1.165, 1.54) is 10.9 Å². The van der Waals surface area contributed by atoms with E-state index in [1.54, 1.807) is 0 Å². The van der Waals surface area contributed by atoms with Gasteiger partial charge < -0.3 is 9.88 Å². The van der Waals surface area contributed by atoms with Crippen molar-refractivity contribution in [3.05, 3.63) is 35.5 Å². The smallest absolute Gasteiger partial charge is 0.0641 e. The lowest BCUT2D eigenvalue weighted by Crippen LogP contribution is -2.20. The van der Waals surface area contributed by atoms with E-state index in [4.69, 9.17) is 5.26 Å². The number of H-pyrrole nitrogens is 1. The quantitative estimate of drug-likeness (QED) is 0.876. The second-order valence-electron chi connectivity index (χ2n) is 4.55. The van der Waals surface area contributed by atoms with Crippen molar-refractivity contribution in [1.82, 2.24) is 9.88 Å². The van der Waals surface area contributed by atoms with Crippen LogP contribution < -0.4 is 0 Å². The first-order chi connectivity index (χ1) is 8.15. The Hall–Kier alpha value is -1.79. The molecule has 1 atom stereocenters. The SMILES string of the molecule is Cc1[nH]c2ccccc2c1C(CC#N)N(C)C. The van der Waals surface area contributed by atoms with Gasteiger partial charge in [-0.2, -0.15) is 5.26 Å². The van der Waals surface area contributed by atoms with Crippen LogP contribution >= 0.6 is 0 Å². The summed E-state index contributed by atoms with van der Waals surface area (Å²) in [6.45, 7) is 2.07. The van der Waals surface area contributed by atoms with Gasteiger partial charge in [0.05, 0.1) is 12.5 Å². The maximum Gasteiger partial charge on any atom is 0.0641 e. The summed E-state index contributed by atoms with van der Waals surface area (Å²) in [6, 6.07) is 10.7. The molecule has 0 bridgehead atoms. The van der Waals surface area contributed by atoms with Gasteiger partial charge in [-0.25, -0.2) is 0 Å². The Kier molecular flexibility index (Phi) is 3.16. The topological polar surface area (TPSA) is 42.8 Å². The predicted octanol–water partition coefficient (Wildman–Crippen LogP) is 2.99. The first-order valence-corrected chi connectivity index (χ1v) is 5.75. The first-order valence-electron chi connectivity index (χ1n) is 5.75. The molecular formula is C14H17N3. The van der Waals surface area contributed by atoms with E-state index in [2.05, 4.69) is 35.0 Å². The Morgan fingerprint density at radius 1 is 1.35 bits per heavy atom. The summed E-state index contributed by atoms with van der Waals surface area (Å²) in [7, 11) is 4.03. The zero-order valence-corrected chi connectivity index (χ0v) is 10.5. The van der Waals surface area contributed by atoms with Crippen LogP contribution in [-0.4, -0.2) is 24.0 Å². The number of para-hydroxylation sites is 1. The molecule has 0 amide bonds. The summed E-state index contributed by atoms with van der Waals surface area (Å²) in [5.41, 5.74) is 3.54. The number of aromatic nitrogens is 1. The third-order valence-electron chi connectivity index (χ3n) is 3.18. The third kappa shape index (κ3) is 2.04. The number of hydrogen-bond donors (Lipinski definition) is 1. The van der Waals surface area contributed by atoms with E-state index in [0.29, 0.717) is 6.42 Å². The van der Waals surface area contributed by atoms with Crippen LogP contribution in [0.4, 0.5) is 0 Å². The fourth-order valence-electron chi connectivity index (χ4n) is 2.36. The molecule has 0 fully saturated rings. The van der Waals surface area contributed by atoms with Crippen LogP contribution in [0.15, 0.2) is 24.3 Å². The van der Waals surface area contributed by atoms with Crippen LogP contribution in [0.3, 0.4) is 0 Å². The second-order valence-corrected chi connectivity index (χ2v) is 4.55. The third-order valence-corrected chi connectivity index (χ3v) is 3.18. The average molecular weight is 227 g/mol. The van der Waals surface area contributed by atoms with Gasteiger partial charge in [0, 0.05) is 22.6 Å². The minimum absolute atomic E-state index is 0.149. The van der Waals surface area contributed by atoms with Crippen molar-refractivity contribution in [3.8, 4) is 6.07 Å². The number of nitriles is 1. The molecule has 0 radical (unpaired) electrons. The highest BCUT2D eigenvalue weighted by Crippen LogP contribution is 2.31. The van der Waals surface area contributed by atoms with E-state index >= 15 is 0 Å². The number of fused-ring (bicyclic) bond motifs is 1. The standard InChI is InChI=1S/C14H17N3/c1-10-14(13(8-9-15)17(2)3)11-6-4-5-7-12(11)16-10/h4-7,13,16H,8H2,1-3H3. The summed E-state index contributed by atoms with van der Waals surface area (Å²) in [4.78, 5) is 5.49. The molecular weight excluding hydrogens is 210 g/mol. The van der Waals surface area contributed by atoms with Crippen LogP contribution in [0.5, 0.6) is 0 Å². The normalized spacial score (nSPS) is 12.9. The van der Waals surface area contributed by atoms with E-state index in [-0.39, 0.29) is 6.04 Å². The highest BCUT2D eigenvalue weighted by Gasteiger charge is 2.20. The molecule has 0 aliphatic heterocycles. The molecule has 3 heteroatoms. The molecule has 2 aromatic rings. The Morgan fingerprint density at radius 3 is 2.71 bits per heavy atom. The number of aryl methyl sites for hydroxylation is 1. The molecule has 0 saturated carbocycles. The maximum atomic E-state index is 8.96. The van der Waals surface area contributed by atoms with Gasteiger partial charge in [0.1, 0.15) is 0 Å². The van der Waals surface area contributed by atoms with Gasteiger partial charge >= 0.3 is 0 Å². The summed E-state index contributed by atoms with van der Waals surface area (Å²) < 4.78 is 0. The zero-order valence-electron chi connectivity index (χ0n) is 10.5. The Labute approximate surface area is 102 Å². The van der Waals surface area contributed by atoms with Crippen molar-refractivity contribution in [2.75, 3.05) is 14.1 Å². The van der Waals surface area contributed by atoms with Gasteiger partial charge in [-0.1, -0.05) is 18.2 Å². The average Bonchev–Trinajstić information content (AvgIpc) is 2.62. The van der Waals surface area contributed by atoms with Crippen molar-refractivity contribution in [1.29, 1.82) is 5.26 Å². The first kappa shape index (κ1) is 11.7. The number of nitrogens with zero attached hydrogens (tertiary/aromatic N) is 2. The van der Waals surface area contributed by atoms with Crippen molar-refractivity contribution in [3.63, 3.8) is 0 Å². The molecule has 88 valence electrons. The molecule has 2 rings (SSSR count).